The highest BCUT2D eigenvalue weighted by Crippen LogP contribution is 2.31. The van der Waals surface area contributed by atoms with Gasteiger partial charge in [0.15, 0.2) is 0 Å². The monoisotopic (exact) mass is 468 g/mol. The third kappa shape index (κ3) is 4.64. The Morgan fingerprint density at radius 1 is 1.12 bits per heavy atom. The Labute approximate surface area is 184 Å². The molecule has 0 radical (unpaired) electrons. The van der Waals surface area contributed by atoms with E-state index in [0.717, 1.165) is 29.8 Å². The summed E-state index contributed by atoms with van der Waals surface area (Å²) in [5.41, 5.74) is 0.609. The van der Waals surface area contributed by atoms with Gasteiger partial charge in [-0.05, 0) is 36.8 Å². The van der Waals surface area contributed by atoms with Crippen molar-refractivity contribution in [3.63, 3.8) is 0 Å². The van der Waals surface area contributed by atoms with Crippen molar-refractivity contribution in [3.05, 3.63) is 54.5 Å². The number of piperazine rings is 1. The number of aromatic nitrogens is 2. The molecule has 1 aromatic heterocycles. The lowest BCUT2D eigenvalue weighted by molar-refractivity contribution is -0.137. The predicted molar refractivity (Wildman–Crippen MR) is 111 cm³/mol. The van der Waals surface area contributed by atoms with Crippen molar-refractivity contribution in [2.24, 2.45) is 0 Å². The van der Waals surface area contributed by atoms with Crippen LogP contribution >= 0.6 is 0 Å². The maximum atomic E-state index is 13.0. The normalized spacial score (nSPS) is 22.5. The van der Waals surface area contributed by atoms with Gasteiger partial charge in [0, 0.05) is 38.6 Å². The number of nitrogens with zero attached hydrogens (tertiary/aromatic N) is 4. The average Bonchev–Trinajstić information content (AvgIpc) is 3.15. The first kappa shape index (κ1) is 22.7. The van der Waals surface area contributed by atoms with E-state index in [9.17, 15) is 21.6 Å². The van der Waals surface area contributed by atoms with Crippen LogP contribution in [-0.4, -0.2) is 65.9 Å². The van der Waals surface area contributed by atoms with Crippen LogP contribution in [0.25, 0.3) is 5.57 Å². The SMILES string of the molecule is C=C(C)c1cnc(O[C@H]2C[C@H]3CN(S(=O)(=O)c4ccc(C(F)(F)F)cc4)CCN3C2)cn1. The molecule has 4 rings (SSSR count). The molecule has 1 aromatic carbocycles. The van der Waals surface area contributed by atoms with E-state index in [0.29, 0.717) is 31.1 Å². The number of sulfonamides is 1. The molecule has 0 N–H and O–H groups in total. The molecule has 2 aliphatic rings. The van der Waals surface area contributed by atoms with E-state index in [1.807, 2.05) is 6.92 Å². The predicted octanol–water partition coefficient (Wildman–Crippen LogP) is 3.05. The Morgan fingerprint density at radius 3 is 2.44 bits per heavy atom. The van der Waals surface area contributed by atoms with E-state index in [1.165, 1.54) is 4.31 Å². The highest BCUT2D eigenvalue weighted by molar-refractivity contribution is 7.89. The van der Waals surface area contributed by atoms with Gasteiger partial charge in [-0.25, -0.2) is 18.4 Å². The summed E-state index contributed by atoms with van der Waals surface area (Å²) < 4.78 is 71.5. The standard InChI is InChI=1S/C21H23F3N4O3S/c1-14(2)19-10-26-20(11-25-19)31-17-9-16-12-28(8-7-27(16)13-17)32(29,30)18-5-3-15(4-6-18)21(22,23)24/h3-6,10-11,16-17H,1,7-9,12-13H2,2H3/t16-,17-/m0/s1. The van der Waals surface area contributed by atoms with E-state index in [4.69, 9.17) is 4.74 Å². The maximum absolute atomic E-state index is 13.0. The topological polar surface area (TPSA) is 75.6 Å². The molecule has 2 aromatic rings. The summed E-state index contributed by atoms with van der Waals surface area (Å²) >= 11 is 0. The minimum Gasteiger partial charge on any atom is -0.472 e. The van der Waals surface area contributed by atoms with Crippen LogP contribution in [0.15, 0.2) is 48.1 Å². The van der Waals surface area contributed by atoms with Crippen LogP contribution in [0.3, 0.4) is 0 Å². The molecular formula is C21H23F3N4O3S. The average molecular weight is 469 g/mol. The number of hydrogen-bond acceptors (Lipinski definition) is 6. The molecule has 172 valence electrons. The van der Waals surface area contributed by atoms with Gasteiger partial charge in [-0.1, -0.05) is 6.58 Å². The third-order valence-corrected chi connectivity index (χ3v) is 7.59. The third-order valence-electron chi connectivity index (χ3n) is 5.71. The molecule has 2 atom stereocenters. The van der Waals surface area contributed by atoms with Gasteiger partial charge in [-0.15, -0.1) is 0 Å². The van der Waals surface area contributed by atoms with Crippen molar-refractivity contribution in [1.82, 2.24) is 19.2 Å². The van der Waals surface area contributed by atoms with Crippen LogP contribution < -0.4 is 4.74 Å². The number of fused-ring (bicyclic) bond motifs is 1. The van der Waals surface area contributed by atoms with E-state index in [-0.39, 0.29) is 30.1 Å². The highest BCUT2D eigenvalue weighted by atomic mass is 32.2. The van der Waals surface area contributed by atoms with Gasteiger partial charge in [0.1, 0.15) is 6.10 Å². The Morgan fingerprint density at radius 2 is 1.84 bits per heavy atom. The second kappa shape index (κ2) is 8.45. The quantitative estimate of drug-likeness (QED) is 0.672. The molecule has 3 heterocycles. The molecule has 0 amide bonds. The number of alkyl halides is 3. The molecule has 7 nitrogen and oxygen atoms in total. The largest absolute Gasteiger partial charge is 0.472 e. The van der Waals surface area contributed by atoms with Crippen LogP contribution in [0.1, 0.15) is 24.6 Å². The van der Waals surface area contributed by atoms with Gasteiger partial charge in [-0.3, -0.25) is 4.90 Å². The van der Waals surface area contributed by atoms with Crippen LogP contribution in [0.4, 0.5) is 13.2 Å². The summed E-state index contributed by atoms with van der Waals surface area (Å²) in [4.78, 5) is 10.5. The van der Waals surface area contributed by atoms with E-state index >= 15 is 0 Å². The van der Waals surface area contributed by atoms with Crippen molar-refractivity contribution < 1.29 is 26.3 Å². The van der Waals surface area contributed by atoms with Gasteiger partial charge >= 0.3 is 6.18 Å². The summed E-state index contributed by atoms with van der Waals surface area (Å²) in [5.74, 6) is 0.397. The number of halogens is 3. The lowest BCUT2D eigenvalue weighted by Crippen LogP contribution is -2.51. The van der Waals surface area contributed by atoms with Gasteiger partial charge in [0.2, 0.25) is 15.9 Å². The van der Waals surface area contributed by atoms with Crippen molar-refractivity contribution in [2.75, 3.05) is 26.2 Å². The molecule has 11 heteroatoms. The second-order valence-electron chi connectivity index (χ2n) is 8.03. The Kier molecular flexibility index (Phi) is 5.99. The van der Waals surface area contributed by atoms with Gasteiger partial charge in [0.05, 0.1) is 28.5 Å². The molecule has 2 fully saturated rings. The summed E-state index contributed by atoms with van der Waals surface area (Å²) in [6.07, 6.45) is -0.912. The summed E-state index contributed by atoms with van der Waals surface area (Å²) in [5, 5.41) is 0. The van der Waals surface area contributed by atoms with Gasteiger partial charge in [0.25, 0.3) is 0 Å². The number of hydrogen-bond donors (Lipinski definition) is 0. The molecule has 0 bridgehead atoms. The number of rotatable bonds is 5. The number of ether oxygens (including phenoxy) is 1. The highest BCUT2D eigenvalue weighted by Gasteiger charge is 2.41. The van der Waals surface area contributed by atoms with E-state index < -0.39 is 21.8 Å². The zero-order valence-electron chi connectivity index (χ0n) is 17.4. The molecule has 2 saturated heterocycles. The van der Waals surface area contributed by atoms with Crippen molar-refractivity contribution in [2.45, 2.75) is 36.6 Å². The zero-order chi connectivity index (χ0) is 23.1. The van der Waals surface area contributed by atoms with Crippen molar-refractivity contribution in [1.29, 1.82) is 0 Å². The fourth-order valence-electron chi connectivity index (χ4n) is 4.00. The first-order chi connectivity index (χ1) is 15.0. The van der Waals surface area contributed by atoms with Crippen LogP contribution in [0.2, 0.25) is 0 Å². The minimum absolute atomic E-state index is 0.0411. The number of allylic oxidation sites excluding steroid dienone is 1. The molecule has 2 aliphatic heterocycles. The molecule has 0 aliphatic carbocycles. The first-order valence-electron chi connectivity index (χ1n) is 10.1. The van der Waals surface area contributed by atoms with Crippen LogP contribution in [0.5, 0.6) is 5.88 Å². The molecular weight excluding hydrogens is 445 g/mol. The van der Waals surface area contributed by atoms with Crippen molar-refractivity contribution >= 4 is 15.6 Å². The molecule has 0 unspecified atom stereocenters. The summed E-state index contributed by atoms with van der Waals surface area (Å²) in [6, 6.07) is 3.57. The Bertz CT molecular complexity index is 1090. The van der Waals surface area contributed by atoms with Gasteiger partial charge in [-0.2, -0.15) is 17.5 Å². The molecule has 32 heavy (non-hydrogen) atoms. The maximum Gasteiger partial charge on any atom is 0.416 e. The fourth-order valence-corrected chi connectivity index (χ4v) is 5.47. The first-order valence-corrected chi connectivity index (χ1v) is 11.5. The Hall–Kier alpha value is -2.50. The lowest BCUT2D eigenvalue weighted by atomic mass is 10.2. The lowest BCUT2D eigenvalue weighted by Gasteiger charge is -2.36. The molecule has 0 saturated carbocycles. The number of benzene rings is 1. The Balaban J connectivity index is 1.40. The smallest absolute Gasteiger partial charge is 0.416 e. The minimum atomic E-state index is -4.51. The van der Waals surface area contributed by atoms with Gasteiger partial charge < -0.3 is 4.74 Å². The van der Waals surface area contributed by atoms with E-state index in [1.54, 1.807) is 12.4 Å². The van der Waals surface area contributed by atoms with Crippen LogP contribution in [-0.2, 0) is 16.2 Å². The van der Waals surface area contributed by atoms with Crippen LogP contribution in [0, 0.1) is 0 Å². The fraction of sp³-hybridized carbons (Fsp3) is 0.429. The van der Waals surface area contributed by atoms with E-state index in [2.05, 4.69) is 21.4 Å². The summed E-state index contributed by atoms with van der Waals surface area (Å²) in [7, 11) is -3.88. The second-order valence-corrected chi connectivity index (χ2v) is 9.97. The summed E-state index contributed by atoms with van der Waals surface area (Å²) in [6.45, 7) is 7.33. The molecule has 0 spiro atoms. The van der Waals surface area contributed by atoms with Crippen molar-refractivity contribution in [3.8, 4) is 5.88 Å². The zero-order valence-corrected chi connectivity index (χ0v) is 18.2.